The first kappa shape index (κ1) is 21.7. The van der Waals surface area contributed by atoms with Gasteiger partial charge in [-0.15, -0.1) is 6.58 Å². The molecule has 0 radical (unpaired) electrons. The molecule has 2 aromatic carbocycles. The standard InChI is InChI=1S/C24H27FN2O3/c1-3-13-26-23(29)24(17-27(14-15-30-24)22(28)4-2)16-19-7-5-6-8-21(19)18-9-11-20(25)12-10-18/h3,5-12H,1,4,13-17H2,2H3,(H,26,29)/t24-/m1/s1. The number of amides is 2. The highest BCUT2D eigenvalue weighted by atomic mass is 19.1. The summed E-state index contributed by atoms with van der Waals surface area (Å²) in [6.45, 7) is 6.69. The van der Waals surface area contributed by atoms with Crippen LogP contribution in [-0.2, 0) is 20.7 Å². The van der Waals surface area contributed by atoms with Crippen molar-refractivity contribution in [3.05, 3.63) is 72.6 Å². The third kappa shape index (κ3) is 4.76. The summed E-state index contributed by atoms with van der Waals surface area (Å²) in [5, 5.41) is 2.84. The van der Waals surface area contributed by atoms with E-state index in [9.17, 15) is 14.0 Å². The number of carbonyl (C=O) groups is 2. The van der Waals surface area contributed by atoms with E-state index in [0.29, 0.717) is 19.5 Å². The fourth-order valence-electron chi connectivity index (χ4n) is 3.76. The molecule has 5 nitrogen and oxygen atoms in total. The van der Waals surface area contributed by atoms with Crippen LogP contribution >= 0.6 is 0 Å². The largest absolute Gasteiger partial charge is 0.361 e. The van der Waals surface area contributed by atoms with E-state index >= 15 is 0 Å². The van der Waals surface area contributed by atoms with Gasteiger partial charge in [-0.2, -0.15) is 0 Å². The minimum atomic E-state index is -1.21. The Hall–Kier alpha value is -2.99. The van der Waals surface area contributed by atoms with Gasteiger partial charge in [0.2, 0.25) is 5.91 Å². The molecule has 1 fully saturated rings. The molecule has 0 saturated carbocycles. The number of morpholine rings is 1. The molecule has 0 bridgehead atoms. The van der Waals surface area contributed by atoms with E-state index < -0.39 is 5.60 Å². The molecular formula is C24H27FN2O3. The SMILES string of the molecule is C=CCNC(=O)[C@@]1(Cc2ccccc2-c2ccc(F)cc2)CN(C(=O)CC)CCO1. The van der Waals surface area contributed by atoms with Crippen LogP contribution in [0, 0.1) is 5.82 Å². The van der Waals surface area contributed by atoms with Crippen LogP contribution in [0.2, 0.25) is 0 Å². The highest BCUT2D eigenvalue weighted by Gasteiger charge is 2.45. The molecule has 1 heterocycles. The molecule has 158 valence electrons. The highest BCUT2D eigenvalue weighted by molar-refractivity contribution is 5.88. The van der Waals surface area contributed by atoms with Crippen molar-refractivity contribution in [3.8, 4) is 11.1 Å². The molecule has 1 aliphatic rings. The van der Waals surface area contributed by atoms with E-state index in [4.69, 9.17) is 4.74 Å². The molecule has 6 heteroatoms. The Morgan fingerprint density at radius 3 is 2.67 bits per heavy atom. The van der Waals surface area contributed by atoms with Crippen LogP contribution in [0.5, 0.6) is 0 Å². The molecule has 0 spiro atoms. The fourth-order valence-corrected chi connectivity index (χ4v) is 3.76. The third-order valence-electron chi connectivity index (χ3n) is 5.31. The van der Waals surface area contributed by atoms with Gasteiger partial charge in [-0.05, 0) is 28.8 Å². The zero-order valence-corrected chi connectivity index (χ0v) is 17.2. The van der Waals surface area contributed by atoms with Crippen LogP contribution in [0.4, 0.5) is 4.39 Å². The lowest BCUT2D eigenvalue weighted by atomic mass is 9.87. The predicted octanol–water partition coefficient (Wildman–Crippen LogP) is 3.35. The number of hydrogen-bond donors (Lipinski definition) is 1. The lowest BCUT2D eigenvalue weighted by molar-refractivity contribution is -0.165. The molecule has 1 atom stereocenters. The number of benzene rings is 2. The minimum absolute atomic E-state index is 0.00832. The lowest BCUT2D eigenvalue weighted by Gasteiger charge is -2.42. The Morgan fingerprint density at radius 1 is 1.23 bits per heavy atom. The normalized spacial score (nSPS) is 18.7. The average Bonchev–Trinajstić information content (AvgIpc) is 2.78. The molecule has 0 aromatic heterocycles. The van der Waals surface area contributed by atoms with Crippen LogP contribution in [-0.4, -0.2) is 48.6 Å². The highest BCUT2D eigenvalue weighted by Crippen LogP contribution is 2.30. The summed E-state index contributed by atoms with van der Waals surface area (Å²) in [7, 11) is 0. The Labute approximate surface area is 176 Å². The second-order valence-electron chi connectivity index (χ2n) is 7.35. The van der Waals surface area contributed by atoms with Gasteiger partial charge >= 0.3 is 0 Å². The van der Waals surface area contributed by atoms with Crippen LogP contribution in [0.15, 0.2) is 61.2 Å². The predicted molar refractivity (Wildman–Crippen MR) is 114 cm³/mol. The Morgan fingerprint density at radius 2 is 1.97 bits per heavy atom. The second-order valence-corrected chi connectivity index (χ2v) is 7.35. The van der Waals surface area contributed by atoms with Crippen molar-refractivity contribution in [2.75, 3.05) is 26.2 Å². The van der Waals surface area contributed by atoms with Crippen LogP contribution in [0.25, 0.3) is 11.1 Å². The summed E-state index contributed by atoms with van der Waals surface area (Å²) in [4.78, 5) is 27.2. The smallest absolute Gasteiger partial charge is 0.254 e. The molecule has 30 heavy (non-hydrogen) atoms. The molecule has 1 N–H and O–H groups in total. The first-order valence-electron chi connectivity index (χ1n) is 10.1. The minimum Gasteiger partial charge on any atom is -0.361 e. The maximum absolute atomic E-state index is 13.4. The van der Waals surface area contributed by atoms with E-state index in [1.807, 2.05) is 24.3 Å². The molecule has 3 rings (SSSR count). The van der Waals surface area contributed by atoms with Gasteiger partial charge in [-0.1, -0.05) is 49.4 Å². The molecule has 0 unspecified atom stereocenters. The van der Waals surface area contributed by atoms with Gasteiger partial charge in [-0.3, -0.25) is 9.59 Å². The van der Waals surface area contributed by atoms with E-state index in [0.717, 1.165) is 16.7 Å². The Kier molecular flexibility index (Phi) is 7.00. The summed E-state index contributed by atoms with van der Waals surface area (Å²) in [6.07, 6.45) is 2.27. The fraction of sp³-hybridized carbons (Fsp3) is 0.333. The van der Waals surface area contributed by atoms with Crippen molar-refractivity contribution in [2.24, 2.45) is 0 Å². The maximum Gasteiger partial charge on any atom is 0.254 e. The van der Waals surface area contributed by atoms with Crippen LogP contribution in [0.1, 0.15) is 18.9 Å². The number of nitrogens with zero attached hydrogens (tertiary/aromatic N) is 1. The van der Waals surface area contributed by atoms with Crippen molar-refractivity contribution in [2.45, 2.75) is 25.4 Å². The number of nitrogens with one attached hydrogen (secondary N) is 1. The van der Waals surface area contributed by atoms with E-state index in [1.165, 1.54) is 12.1 Å². The van der Waals surface area contributed by atoms with Crippen LogP contribution in [0.3, 0.4) is 0 Å². The second kappa shape index (κ2) is 9.67. The summed E-state index contributed by atoms with van der Waals surface area (Å²) in [5.74, 6) is -0.586. The Bertz CT molecular complexity index is 913. The van der Waals surface area contributed by atoms with Crippen molar-refractivity contribution in [1.29, 1.82) is 0 Å². The van der Waals surface area contributed by atoms with Gasteiger partial charge in [0.15, 0.2) is 5.60 Å². The monoisotopic (exact) mass is 410 g/mol. The van der Waals surface area contributed by atoms with Crippen molar-refractivity contribution < 1.29 is 18.7 Å². The van der Waals surface area contributed by atoms with Gasteiger partial charge in [0.05, 0.1) is 13.2 Å². The molecular weight excluding hydrogens is 383 g/mol. The zero-order valence-electron chi connectivity index (χ0n) is 17.2. The molecule has 0 aliphatic carbocycles. The van der Waals surface area contributed by atoms with E-state index in [1.54, 1.807) is 30.0 Å². The maximum atomic E-state index is 13.4. The van der Waals surface area contributed by atoms with Gasteiger partial charge in [0, 0.05) is 25.9 Å². The summed E-state index contributed by atoms with van der Waals surface area (Å²) < 4.78 is 19.5. The average molecular weight is 410 g/mol. The molecule has 1 saturated heterocycles. The topological polar surface area (TPSA) is 58.6 Å². The van der Waals surface area contributed by atoms with Gasteiger partial charge in [-0.25, -0.2) is 4.39 Å². The van der Waals surface area contributed by atoms with Crippen LogP contribution < -0.4 is 5.32 Å². The van der Waals surface area contributed by atoms with Gasteiger partial charge in [0.25, 0.3) is 5.91 Å². The first-order chi connectivity index (χ1) is 14.5. The first-order valence-corrected chi connectivity index (χ1v) is 10.1. The summed E-state index contributed by atoms with van der Waals surface area (Å²) >= 11 is 0. The number of rotatable bonds is 7. The number of hydrogen-bond acceptors (Lipinski definition) is 3. The van der Waals surface area contributed by atoms with Crippen molar-refractivity contribution in [1.82, 2.24) is 10.2 Å². The summed E-state index contributed by atoms with van der Waals surface area (Å²) in [6, 6.07) is 13.9. The van der Waals surface area contributed by atoms with E-state index in [-0.39, 0.29) is 37.2 Å². The third-order valence-corrected chi connectivity index (χ3v) is 5.31. The van der Waals surface area contributed by atoms with Crippen molar-refractivity contribution >= 4 is 11.8 Å². The van der Waals surface area contributed by atoms with Gasteiger partial charge in [0.1, 0.15) is 5.82 Å². The van der Waals surface area contributed by atoms with Crippen molar-refractivity contribution in [3.63, 3.8) is 0 Å². The molecule has 1 aliphatic heterocycles. The summed E-state index contributed by atoms with van der Waals surface area (Å²) in [5.41, 5.74) is 1.44. The number of halogens is 1. The lowest BCUT2D eigenvalue weighted by Crippen LogP contribution is -2.62. The zero-order chi connectivity index (χ0) is 21.6. The number of ether oxygens (including phenoxy) is 1. The number of carbonyl (C=O) groups excluding carboxylic acids is 2. The molecule has 2 amide bonds. The quantitative estimate of drug-likeness (QED) is 0.713. The molecule has 2 aromatic rings. The van der Waals surface area contributed by atoms with Gasteiger partial charge < -0.3 is 15.0 Å². The van der Waals surface area contributed by atoms with E-state index in [2.05, 4.69) is 11.9 Å². The Balaban J connectivity index is 1.98.